The van der Waals surface area contributed by atoms with Crippen molar-refractivity contribution in [3.63, 3.8) is 0 Å². The Labute approximate surface area is 185 Å². The van der Waals surface area contributed by atoms with E-state index in [-0.39, 0.29) is 11.7 Å². The number of nitrogens with zero attached hydrogens (tertiary/aromatic N) is 4. The van der Waals surface area contributed by atoms with E-state index in [1.54, 1.807) is 29.2 Å². The van der Waals surface area contributed by atoms with Gasteiger partial charge in [0.05, 0.1) is 5.25 Å². The molecule has 0 aliphatic heterocycles. The van der Waals surface area contributed by atoms with Gasteiger partial charge in [-0.2, -0.15) is 0 Å². The van der Waals surface area contributed by atoms with Crippen LogP contribution in [-0.4, -0.2) is 31.0 Å². The average molecular weight is 431 g/mol. The average Bonchev–Trinajstić information content (AvgIpc) is 3.16. The number of para-hydroxylation sites is 2. The van der Waals surface area contributed by atoms with Crippen LogP contribution in [0, 0.1) is 0 Å². The Balaban J connectivity index is 1.59. The highest BCUT2D eigenvalue weighted by Gasteiger charge is 2.26. The summed E-state index contributed by atoms with van der Waals surface area (Å²) in [6.07, 6.45) is 0. The number of carbonyl (C=O) groups excluding carboxylic acids is 1. The van der Waals surface area contributed by atoms with Gasteiger partial charge in [0.15, 0.2) is 11.0 Å². The van der Waals surface area contributed by atoms with Crippen LogP contribution >= 0.6 is 11.8 Å². The number of phenols is 1. The highest BCUT2D eigenvalue weighted by Crippen LogP contribution is 2.31. The Kier molecular flexibility index (Phi) is 6.04. The van der Waals surface area contributed by atoms with Crippen molar-refractivity contribution in [3.05, 3.63) is 84.9 Å². The van der Waals surface area contributed by atoms with E-state index < -0.39 is 5.25 Å². The monoisotopic (exact) mass is 430 g/mol. The first-order chi connectivity index (χ1) is 15.0. The number of aromatic hydroxyl groups is 1. The molecule has 0 saturated heterocycles. The molecular formula is C24H22N4O2S. The highest BCUT2D eigenvalue weighted by atomic mass is 32.2. The second-order valence-corrected chi connectivity index (χ2v) is 8.32. The lowest BCUT2D eigenvalue weighted by Gasteiger charge is -2.25. The Morgan fingerprint density at radius 1 is 0.903 bits per heavy atom. The van der Waals surface area contributed by atoms with Crippen LogP contribution in [0.15, 0.2) is 90.1 Å². The molecule has 1 amide bonds. The molecule has 6 nitrogen and oxygen atoms in total. The number of thioether (sulfide) groups is 1. The van der Waals surface area contributed by atoms with Crippen molar-refractivity contribution in [1.82, 2.24) is 14.8 Å². The van der Waals surface area contributed by atoms with Crippen molar-refractivity contribution in [1.29, 1.82) is 0 Å². The van der Waals surface area contributed by atoms with Gasteiger partial charge in [-0.15, -0.1) is 10.2 Å². The summed E-state index contributed by atoms with van der Waals surface area (Å²) in [5, 5.41) is 18.3. The molecule has 0 aliphatic rings. The summed E-state index contributed by atoms with van der Waals surface area (Å²) in [4.78, 5) is 15.2. The van der Waals surface area contributed by atoms with Crippen molar-refractivity contribution >= 4 is 29.0 Å². The minimum atomic E-state index is -0.393. The summed E-state index contributed by atoms with van der Waals surface area (Å²) in [7, 11) is 1.87. The second kappa shape index (κ2) is 9.06. The van der Waals surface area contributed by atoms with Crippen LogP contribution in [0.1, 0.15) is 6.92 Å². The molecule has 0 aliphatic carbocycles. The van der Waals surface area contributed by atoms with Gasteiger partial charge in [-0.1, -0.05) is 48.2 Å². The van der Waals surface area contributed by atoms with E-state index in [1.807, 2.05) is 79.2 Å². The SMILES string of the molecule is C[C@H](Sc1nnc(-c2ccc(O)cc2)n1C)C(=O)N(c1ccccc1)c1ccccc1. The fourth-order valence-electron chi connectivity index (χ4n) is 3.23. The van der Waals surface area contributed by atoms with E-state index in [0.29, 0.717) is 11.0 Å². The van der Waals surface area contributed by atoms with Crippen molar-refractivity contribution in [2.45, 2.75) is 17.3 Å². The molecule has 4 aromatic rings. The Hall–Kier alpha value is -3.58. The first-order valence-electron chi connectivity index (χ1n) is 9.84. The van der Waals surface area contributed by atoms with Gasteiger partial charge >= 0.3 is 0 Å². The van der Waals surface area contributed by atoms with Gasteiger partial charge in [-0.3, -0.25) is 9.69 Å². The smallest absolute Gasteiger partial charge is 0.244 e. The number of aromatic nitrogens is 3. The molecule has 0 bridgehead atoms. The molecular weight excluding hydrogens is 408 g/mol. The lowest BCUT2D eigenvalue weighted by atomic mass is 10.2. The van der Waals surface area contributed by atoms with Gasteiger partial charge < -0.3 is 9.67 Å². The zero-order valence-electron chi connectivity index (χ0n) is 17.2. The van der Waals surface area contributed by atoms with Crippen molar-refractivity contribution < 1.29 is 9.90 Å². The number of benzene rings is 3. The van der Waals surface area contributed by atoms with Gasteiger partial charge in [0, 0.05) is 24.0 Å². The van der Waals surface area contributed by atoms with E-state index >= 15 is 0 Å². The molecule has 31 heavy (non-hydrogen) atoms. The minimum absolute atomic E-state index is 0.0448. The standard InChI is InChI=1S/C24H22N4O2S/c1-17(31-24-26-25-22(27(24)2)18-13-15-21(29)16-14-18)23(30)28(19-9-5-3-6-10-19)20-11-7-4-8-12-20/h3-17,29H,1-2H3/t17-/m0/s1. The van der Waals surface area contributed by atoms with Crippen LogP contribution in [0.4, 0.5) is 11.4 Å². The summed E-state index contributed by atoms with van der Waals surface area (Å²) >= 11 is 1.36. The molecule has 4 rings (SSSR count). The van der Waals surface area contributed by atoms with Gasteiger partial charge in [0.2, 0.25) is 5.91 Å². The molecule has 7 heteroatoms. The molecule has 3 aromatic carbocycles. The van der Waals surface area contributed by atoms with Gasteiger partial charge in [-0.05, 0) is 55.5 Å². The maximum absolute atomic E-state index is 13.5. The molecule has 156 valence electrons. The van der Waals surface area contributed by atoms with E-state index in [4.69, 9.17) is 0 Å². The number of rotatable bonds is 6. The number of anilines is 2. The molecule has 1 aromatic heterocycles. The number of phenolic OH excluding ortho intramolecular Hbond substituents is 1. The van der Waals surface area contributed by atoms with E-state index in [1.165, 1.54) is 11.8 Å². The molecule has 1 heterocycles. The largest absolute Gasteiger partial charge is 0.508 e. The molecule has 0 saturated carbocycles. The Morgan fingerprint density at radius 3 is 2.00 bits per heavy atom. The summed E-state index contributed by atoms with van der Waals surface area (Å²) in [5.41, 5.74) is 2.47. The predicted octanol–water partition coefficient (Wildman–Crippen LogP) is 5.03. The summed E-state index contributed by atoms with van der Waals surface area (Å²) in [6.45, 7) is 1.88. The van der Waals surface area contributed by atoms with Gasteiger partial charge in [0.1, 0.15) is 5.75 Å². The maximum Gasteiger partial charge on any atom is 0.244 e. The molecule has 0 radical (unpaired) electrons. The fourth-order valence-corrected chi connectivity index (χ4v) is 4.08. The predicted molar refractivity (Wildman–Crippen MR) is 123 cm³/mol. The number of carbonyl (C=O) groups is 1. The van der Waals surface area contributed by atoms with Crippen LogP contribution in [-0.2, 0) is 11.8 Å². The summed E-state index contributed by atoms with van der Waals surface area (Å²) < 4.78 is 1.86. The zero-order valence-corrected chi connectivity index (χ0v) is 18.0. The topological polar surface area (TPSA) is 71.2 Å². The normalized spacial score (nSPS) is 11.8. The van der Waals surface area contributed by atoms with E-state index in [0.717, 1.165) is 16.9 Å². The first-order valence-corrected chi connectivity index (χ1v) is 10.7. The summed E-state index contributed by atoms with van der Waals surface area (Å²) in [5.74, 6) is 0.823. The second-order valence-electron chi connectivity index (χ2n) is 7.02. The molecule has 1 N–H and O–H groups in total. The summed E-state index contributed by atoms with van der Waals surface area (Å²) in [6, 6.07) is 26.0. The first kappa shape index (κ1) is 20.7. The third kappa shape index (κ3) is 4.46. The zero-order chi connectivity index (χ0) is 21.8. The van der Waals surface area contributed by atoms with E-state index in [9.17, 15) is 9.90 Å². The maximum atomic E-state index is 13.5. The van der Waals surface area contributed by atoms with Crippen LogP contribution in [0.2, 0.25) is 0 Å². The Morgan fingerprint density at radius 2 is 1.45 bits per heavy atom. The third-order valence-corrected chi connectivity index (χ3v) is 5.96. The van der Waals surface area contributed by atoms with Crippen molar-refractivity contribution in [2.75, 3.05) is 4.90 Å². The third-order valence-electron chi connectivity index (χ3n) is 4.84. The molecule has 1 atom stereocenters. The van der Waals surface area contributed by atoms with Crippen LogP contribution in [0.25, 0.3) is 11.4 Å². The van der Waals surface area contributed by atoms with Crippen LogP contribution in [0.5, 0.6) is 5.75 Å². The number of amides is 1. The molecule has 0 fully saturated rings. The van der Waals surface area contributed by atoms with Crippen molar-refractivity contribution in [2.24, 2.45) is 7.05 Å². The molecule has 0 unspecified atom stereocenters. The quantitative estimate of drug-likeness (QED) is 0.434. The van der Waals surface area contributed by atoms with Crippen LogP contribution in [0.3, 0.4) is 0 Å². The van der Waals surface area contributed by atoms with Crippen LogP contribution < -0.4 is 4.90 Å². The van der Waals surface area contributed by atoms with E-state index in [2.05, 4.69) is 10.2 Å². The highest BCUT2D eigenvalue weighted by molar-refractivity contribution is 8.00. The van der Waals surface area contributed by atoms with Crippen molar-refractivity contribution in [3.8, 4) is 17.1 Å². The van der Waals surface area contributed by atoms with Gasteiger partial charge in [0.25, 0.3) is 0 Å². The Bertz CT molecular complexity index is 1120. The lowest BCUT2D eigenvalue weighted by Crippen LogP contribution is -2.33. The van der Waals surface area contributed by atoms with Gasteiger partial charge in [-0.25, -0.2) is 0 Å². The fraction of sp³-hybridized carbons (Fsp3) is 0.125. The number of hydrogen-bond donors (Lipinski definition) is 1. The minimum Gasteiger partial charge on any atom is -0.508 e. The lowest BCUT2D eigenvalue weighted by molar-refractivity contribution is -0.117. The number of hydrogen-bond acceptors (Lipinski definition) is 5. The molecule has 0 spiro atoms.